The van der Waals surface area contributed by atoms with E-state index in [-0.39, 0.29) is 17.7 Å². The summed E-state index contributed by atoms with van der Waals surface area (Å²) in [6.07, 6.45) is 2.75. The Morgan fingerprint density at radius 3 is 2.42 bits per heavy atom. The molecule has 4 rings (SSSR count). The van der Waals surface area contributed by atoms with Crippen LogP contribution in [0, 0.1) is 5.82 Å². The van der Waals surface area contributed by atoms with Crippen molar-refractivity contribution in [1.29, 1.82) is 0 Å². The highest BCUT2D eigenvalue weighted by Crippen LogP contribution is 2.35. The predicted molar refractivity (Wildman–Crippen MR) is 144 cm³/mol. The molecule has 0 amide bonds. The first-order chi connectivity index (χ1) is 17.9. The number of hydrogen-bond donors (Lipinski definition) is 1. The lowest BCUT2D eigenvalue weighted by molar-refractivity contribution is -0.377. The van der Waals surface area contributed by atoms with Crippen LogP contribution < -0.4 is 19.8 Å². The lowest BCUT2D eigenvalue weighted by Gasteiger charge is -2.20. The van der Waals surface area contributed by atoms with E-state index < -0.39 is 12.1 Å². The van der Waals surface area contributed by atoms with E-state index in [0.717, 1.165) is 4.88 Å². The number of esters is 1. The van der Waals surface area contributed by atoms with Gasteiger partial charge in [-0.3, -0.25) is 0 Å². The minimum absolute atomic E-state index is 0. The molecule has 4 aromatic rings. The van der Waals surface area contributed by atoms with E-state index in [9.17, 15) is 9.18 Å². The van der Waals surface area contributed by atoms with Gasteiger partial charge in [-0.2, -0.15) is 0 Å². The molecule has 0 unspecified atom stereocenters. The summed E-state index contributed by atoms with van der Waals surface area (Å²) in [5.41, 5.74) is 1.71. The molecule has 200 valence electrons. The number of aromatic nitrogens is 1. The molecule has 0 aliphatic carbocycles. The first-order valence-corrected chi connectivity index (χ1v) is 12.8. The zero-order valence-corrected chi connectivity index (χ0v) is 22.8. The van der Waals surface area contributed by atoms with Gasteiger partial charge in [-0.15, -0.1) is 11.3 Å². The molecule has 0 spiro atoms. The van der Waals surface area contributed by atoms with Crippen LogP contribution in [0.15, 0.2) is 67.0 Å². The lowest BCUT2D eigenvalue weighted by atomic mass is 10.0. The maximum absolute atomic E-state index is 13.9. The summed E-state index contributed by atoms with van der Waals surface area (Å²) in [5, 5.41) is 3.89. The zero-order chi connectivity index (χ0) is 26.4. The van der Waals surface area contributed by atoms with Crippen molar-refractivity contribution in [2.24, 2.45) is 0 Å². The number of carbonyl (C=O) groups excluding carboxylic acids is 1. The summed E-state index contributed by atoms with van der Waals surface area (Å²) in [6.45, 7) is 0.365. The van der Waals surface area contributed by atoms with Crippen LogP contribution in [0.5, 0.6) is 11.5 Å². The van der Waals surface area contributed by atoms with E-state index in [4.69, 9.17) is 37.4 Å². The van der Waals surface area contributed by atoms with Crippen molar-refractivity contribution in [2.75, 3.05) is 19.5 Å². The third-order valence-corrected chi connectivity index (χ3v) is 7.34. The lowest BCUT2D eigenvalue weighted by Crippen LogP contribution is -2.15. The van der Waals surface area contributed by atoms with Crippen LogP contribution in [0.3, 0.4) is 0 Å². The van der Waals surface area contributed by atoms with Crippen molar-refractivity contribution in [2.45, 2.75) is 19.1 Å². The summed E-state index contributed by atoms with van der Waals surface area (Å²) < 4.78 is 30.6. The number of anilines is 1. The van der Waals surface area contributed by atoms with Gasteiger partial charge < -0.3 is 25.0 Å². The Morgan fingerprint density at radius 2 is 1.74 bits per heavy atom. The van der Waals surface area contributed by atoms with Gasteiger partial charge in [-0.05, 0) is 42.0 Å². The van der Waals surface area contributed by atoms with Crippen LogP contribution >= 0.6 is 34.5 Å². The molecule has 2 heterocycles. The number of hydrogen-bond acceptors (Lipinski definition) is 7. The predicted octanol–water partition coefficient (Wildman–Crippen LogP) is 6.60. The molecule has 11 heteroatoms. The Balaban J connectivity index is 0.00000400. The molecule has 38 heavy (non-hydrogen) atoms. The number of methoxy groups -OCH3 is 2. The summed E-state index contributed by atoms with van der Waals surface area (Å²) in [7, 11) is 3.08. The molecule has 0 saturated heterocycles. The molecule has 0 saturated carbocycles. The highest BCUT2D eigenvalue weighted by Gasteiger charge is 2.24. The molecular formula is C27H25Cl2FN2O5S. The summed E-state index contributed by atoms with van der Waals surface area (Å²) in [6, 6.07) is 15.2. The average Bonchev–Trinajstić information content (AvgIpc) is 3.38. The second-order valence-electron chi connectivity index (χ2n) is 7.94. The summed E-state index contributed by atoms with van der Waals surface area (Å²) in [5.74, 6) is 0.202. The van der Waals surface area contributed by atoms with Gasteiger partial charge in [0, 0.05) is 23.4 Å². The minimum Gasteiger partial charge on any atom is -0.870 e. The molecule has 0 fully saturated rings. The third kappa shape index (κ3) is 6.93. The van der Waals surface area contributed by atoms with E-state index in [1.165, 1.54) is 24.5 Å². The number of H-pyrrole nitrogens is 1. The Kier molecular flexibility index (Phi) is 10.3. The van der Waals surface area contributed by atoms with Crippen LogP contribution in [0.4, 0.5) is 10.1 Å². The van der Waals surface area contributed by atoms with Gasteiger partial charge in [0.15, 0.2) is 23.9 Å². The smallest absolute Gasteiger partial charge is 0.348 e. The molecule has 0 radical (unpaired) electrons. The number of nitrogens with one attached hydrogen (secondary N) is 2. The van der Waals surface area contributed by atoms with E-state index >= 15 is 0 Å². The first-order valence-electron chi connectivity index (χ1n) is 11.2. The van der Waals surface area contributed by atoms with Crippen molar-refractivity contribution in [3.05, 3.63) is 104 Å². The second-order valence-corrected chi connectivity index (χ2v) is 9.92. The van der Waals surface area contributed by atoms with Crippen LogP contribution in [0.25, 0.3) is 0 Å². The molecule has 0 bridgehead atoms. The number of halogens is 3. The van der Waals surface area contributed by atoms with Crippen LogP contribution in [0.1, 0.15) is 31.8 Å². The van der Waals surface area contributed by atoms with Gasteiger partial charge in [-0.1, -0.05) is 41.4 Å². The molecule has 0 aliphatic heterocycles. The molecule has 0 aliphatic rings. The molecular weight excluding hydrogens is 554 g/mol. The number of ether oxygens (including phenoxy) is 3. The fourth-order valence-corrected chi connectivity index (χ4v) is 5.06. The molecule has 2 aromatic carbocycles. The van der Waals surface area contributed by atoms with Crippen LogP contribution in [0.2, 0.25) is 10.0 Å². The highest BCUT2D eigenvalue weighted by molar-refractivity contribution is 7.13. The van der Waals surface area contributed by atoms with Crippen molar-refractivity contribution in [1.82, 2.24) is 0 Å². The largest absolute Gasteiger partial charge is 0.870 e. The highest BCUT2D eigenvalue weighted by atomic mass is 35.5. The van der Waals surface area contributed by atoms with Crippen molar-refractivity contribution in [3.8, 4) is 11.5 Å². The Morgan fingerprint density at radius 1 is 1.03 bits per heavy atom. The number of benzene rings is 2. The van der Waals surface area contributed by atoms with Gasteiger partial charge in [0.1, 0.15) is 26.8 Å². The van der Waals surface area contributed by atoms with Crippen molar-refractivity contribution >= 4 is 46.2 Å². The van der Waals surface area contributed by atoms with Gasteiger partial charge in [0.25, 0.3) is 0 Å². The number of pyridine rings is 1. The van der Waals surface area contributed by atoms with E-state index in [1.54, 1.807) is 68.0 Å². The van der Waals surface area contributed by atoms with Gasteiger partial charge in [-0.25, -0.2) is 14.2 Å². The first kappa shape index (κ1) is 29.2. The number of carbonyl (C=O) groups is 1. The third-order valence-electron chi connectivity index (χ3n) is 5.60. The van der Waals surface area contributed by atoms with Gasteiger partial charge >= 0.3 is 5.97 Å². The maximum atomic E-state index is 13.9. The summed E-state index contributed by atoms with van der Waals surface area (Å²) in [4.78, 5) is 17.3. The monoisotopic (exact) mass is 578 g/mol. The Bertz CT molecular complexity index is 1380. The Hall–Kier alpha value is -3.37. The van der Waals surface area contributed by atoms with E-state index in [2.05, 4.69) is 10.3 Å². The topological polar surface area (TPSA) is 101 Å². The SMILES string of the molecule is COc1ccc([C@H](Cc2c(Cl)c[nH+]cc2Cl)OC(=O)c2ccc(CNc3ccccc3F)s2)cc1OC.[OH-]. The number of aromatic amines is 1. The quantitative estimate of drug-likeness (QED) is 0.213. The van der Waals surface area contributed by atoms with Crippen LogP contribution in [-0.2, 0) is 17.7 Å². The standard InChI is InChI=1S/C27H23Cl2FN2O4S.H2O/c1-34-23-9-7-16(11-25(23)35-2)24(12-18-19(28)14-31-15-20(18)29)36-27(33)26-10-8-17(37-26)13-32-22-6-4-3-5-21(22)30;/h3-11,14-15,24,32H,12-13H2,1-2H3;1H2/t24-;/m0./s1. The van der Waals surface area contributed by atoms with Gasteiger partial charge in [0.2, 0.25) is 0 Å². The normalized spacial score (nSPS) is 11.3. The molecule has 3 N–H and O–H groups in total. The number of rotatable bonds is 10. The molecule has 7 nitrogen and oxygen atoms in total. The fourth-order valence-electron chi connectivity index (χ4n) is 3.69. The van der Waals surface area contributed by atoms with Crippen LogP contribution in [-0.4, -0.2) is 25.7 Å². The zero-order valence-electron chi connectivity index (χ0n) is 20.5. The molecule has 2 aromatic heterocycles. The maximum Gasteiger partial charge on any atom is 0.348 e. The summed E-state index contributed by atoms with van der Waals surface area (Å²) >= 11 is 14.0. The molecule has 1 atom stereocenters. The Labute approximate surface area is 233 Å². The van der Waals surface area contributed by atoms with Crippen molar-refractivity contribution in [3.63, 3.8) is 0 Å². The van der Waals surface area contributed by atoms with Gasteiger partial charge in [0.05, 0.1) is 19.9 Å². The minimum atomic E-state index is -0.716. The average molecular weight is 579 g/mol. The number of thiophene rings is 1. The number of para-hydroxylation sites is 1. The van der Waals surface area contributed by atoms with E-state index in [1.807, 2.05) is 0 Å². The van der Waals surface area contributed by atoms with Crippen molar-refractivity contribution < 1.29 is 33.9 Å². The van der Waals surface area contributed by atoms with E-state index in [0.29, 0.717) is 49.8 Å². The fraction of sp³-hybridized carbons (Fsp3) is 0.185. The second kappa shape index (κ2) is 13.4.